The van der Waals surface area contributed by atoms with Gasteiger partial charge >= 0.3 is 0 Å². The summed E-state index contributed by atoms with van der Waals surface area (Å²) in [4.78, 5) is 14.4. The van der Waals surface area contributed by atoms with Crippen molar-refractivity contribution in [2.75, 3.05) is 19.6 Å². The summed E-state index contributed by atoms with van der Waals surface area (Å²) < 4.78 is 1.69. The number of carbonyl (C=O) groups is 1. The standard InChI is InChI=1S/C15H17ClN4O/c1-11-8-17-6-7-19(11)15(21)12-9-18-20(10-12)14-4-2-13(16)3-5-14/h2-5,9-11,17H,6-8H2,1H3/t11-/m0/s1. The zero-order chi connectivity index (χ0) is 14.8. The van der Waals surface area contributed by atoms with E-state index in [1.54, 1.807) is 29.2 Å². The van der Waals surface area contributed by atoms with Gasteiger partial charge in [0.1, 0.15) is 0 Å². The molecular formula is C15H17ClN4O. The third kappa shape index (κ3) is 2.94. The minimum absolute atomic E-state index is 0.0317. The first-order chi connectivity index (χ1) is 10.1. The molecule has 0 aliphatic carbocycles. The number of amides is 1. The van der Waals surface area contributed by atoms with Crippen molar-refractivity contribution in [1.82, 2.24) is 20.0 Å². The second-order valence-electron chi connectivity index (χ2n) is 5.20. The minimum Gasteiger partial charge on any atom is -0.333 e. The Morgan fingerprint density at radius 1 is 1.38 bits per heavy atom. The summed E-state index contributed by atoms with van der Waals surface area (Å²) in [5.41, 5.74) is 1.49. The average Bonchev–Trinajstić information content (AvgIpc) is 2.98. The van der Waals surface area contributed by atoms with Gasteiger partial charge < -0.3 is 10.2 Å². The van der Waals surface area contributed by atoms with E-state index in [0.29, 0.717) is 10.6 Å². The third-order valence-electron chi connectivity index (χ3n) is 3.68. The predicted octanol–water partition coefficient (Wildman–Crippen LogP) is 1.96. The monoisotopic (exact) mass is 304 g/mol. The van der Waals surface area contributed by atoms with E-state index in [4.69, 9.17) is 11.6 Å². The Balaban J connectivity index is 1.81. The van der Waals surface area contributed by atoms with Gasteiger partial charge in [0, 0.05) is 36.9 Å². The van der Waals surface area contributed by atoms with Crippen LogP contribution in [0.5, 0.6) is 0 Å². The van der Waals surface area contributed by atoms with Gasteiger partial charge in [0.15, 0.2) is 0 Å². The Hall–Kier alpha value is -1.85. The number of nitrogens with one attached hydrogen (secondary N) is 1. The first-order valence-electron chi connectivity index (χ1n) is 6.97. The van der Waals surface area contributed by atoms with Crippen molar-refractivity contribution >= 4 is 17.5 Å². The van der Waals surface area contributed by atoms with E-state index < -0.39 is 0 Å². The van der Waals surface area contributed by atoms with Crippen molar-refractivity contribution < 1.29 is 4.79 Å². The van der Waals surface area contributed by atoms with Crippen LogP contribution >= 0.6 is 11.6 Å². The number of piperazine rings is 1. The zero-order valence-electron chi connectivity index (χ0n) is 11.8. The number of rotatable bonds is 2. The normalized spacial score (nSPS) is 18.8. The number of hydrogen-bond acceptors (Lipinski definition) is 3. The average molecular weight is 305 g/mol. The zero-order valence-corrected chi connectivity index (χ0v) is 12.5. The summed E-state index contributed by atoms with van der Waals surface area (Å²) in [6, 6.07) is 7.55. The number of halogens is 1. The molecule has 0 unspecified atom stereocenters. The molecule has 6 heteroatoms. The van der Waals surface area contributed by atoms with E-state index in [-0.39, 0.29) is 11.9 Å². The maximum atomic E-state index is 12.5. The summed E-state index contributed by atoms with van der Waals surface area (Å²) in [6.07, 6.45) is 3.38. The quantitative estimate of drug-likeness (QED) is 0.923. The molecule has 1 N–H and O–H groups in total. The van der Waals surface area contributed by atoms with Crippen molar-refractivity contribution in [3.63, 3.8) is 0 Å². The van der Waals surface area contributed by atoms with Gasteiger partial charge in [-0.3, -0.25) is 4.79 Å². The van der Waals surface area contributed by atoms with Gasteiger partial charge in [0.05, 0.1) is 17.4 Å². The molecule has 110 valence electrons. The molecule has 1 amide bonds. The van der Waals surface area contributed by atoms with Gasteiger partial charge in [-0.2, -0.15) is 5.10 Å². The molecule has 3 rings (SSSR count). The molecule has 0 saturated carbocycles. The molecule has 0 spiro atoms. The summed E-state index contributed by atoms with van der Waals surface area (Å²) in [6.45, 7) is 4.44. The Morgan fingerprint density at radius 3 is 2.86 bits per heavy atom. The summed E-state index contributed by atoms with van der Waals surface area (Å²) in [5, 5.41) is 8.23. The van der Waals surface area contributed by atoms with E-state index in [2.05, 4.69) is 10.4 Å². The lowest BCUT2D eigenvalue weighted by atomic mass is 10.2. The van der Waals surface area contributed by atoms with Crippen LogP contribution in [0.4, 0.5) is 0 Å². The molecule has 0 bridgehead atoms. The van der Waals surface area contributed by atoms with Crippen molar-refractivity contribution in [2.24, 2.45) is 0 Å². The van der Waals surface area contributed by atoms with Gasteiger partial charge in [-0.25, -0.2) is 4.68 Å². The fourth-order valence-electron chi connectivity index (χ4n) is 2.48. The van der Waals surface area contributed by atoms with E-state index in [9.17, 15) is 4.79 Å². The van der Waals surface area contributed by atoms with Crippen LogP contribution in [0.1, 0.15) is 17.3 Å². The molecule has 1 atom stereocenters. The van der Waals surface area contributed by atoms with Crippen molar-refractivity contribution in [3.8, 4) is 5.69 Å². The fourth-order valence-corrected chi connectivity index (χ4v) is 2.60. The maximum Gasteiger partial charge on any atom is 0.257 e. The Labute approximate surface area is 128 Å². The van der Waals surface area contributed by atoms with Crippen LogP contribution in [-0.2, 0) is 0 Å². The molecule has 21 heavy (non-hydrogen) atoms. The number of aromatic nitrogens is 2. The van der Waals surface area contributed by atoms with Crippen LogP contribution in [0.25, 0.3) is 5.69 Å². The van der Waals surface area contributed by atoms with Crippen molar-refractivity contribution in [3.05, 3.63) is 47.2 Å². The molecule has 0 radical (unpaired) electrons. The predicted molar refractivity (Wildman–Crippen MR) is 81.9 cm³/mol. The highest BCUT2D eigenvalue weighted by molar-refractivity contribution is 6.30. The molecule has 1 aromatic heterocycles. The first-order valence-corrected chi connectivity index (χ1v) is 7.35. The van der Waals surface area contributed by atoms with Crippen LogP contribution in [-0.4, -0.2) is 46.3 Å². The molecule has 5 nitrogen and oxygen atoms in total. The number of nitrogens with zero attached hydrogens (tertiary/aromatic N) is 3. The van der Waals surface area contributed by atoms with E-state index in [1.165, 1.54) is 0 Å². The van der Waals surface area contributed by atoms with Gasteiger partial charge in [-0.1, -0.05) is 11.6 Å². The maximum absolute atomic E-state index is 12.5. The fraction of sp³-hybridized carbons (Fsp3) is 0.333. The van der Waals surface area contributed by atoms with Crippen LogP contribution in [0, 0.1) is 0 Å². The summed E-state index contributed by atoms with van der Waals surface area (Å²) in [7, 11) is 0. The van der Waals surface area contributed by atoms with Crippen molar-refractivity contribution in [2.45, 2.75) is 13.0 Å². The van der Waals surface area contributed by atoms with Gasteiger partial charge in [0.25, 0.3) is 5.91 Å². The van der Waals surface area contributed by atoms with Gasteiger partial charge in [0.2, 0.25) is 0 Å². The summed E-state index contributed by atoms with van der Waals surface area (Å²) in [5.74, 6) is 0.0317. The number of hydrogen-bond donors (Lipinski definition) is 1. The molecular weight excluding hydrogens is 288 g/mol. The molecule has 1 aliphatic rings. The second-order valence-corrected chi connectivity index (χ2v) is 5.64. The summed E-state index contributed by atoms with van der Waals surface area (Å²) >= 11 is 5.88. The van der Waals surface area contributed by atoms with Crippen LogP contribution in [0.15, 0.2) is 36.7 Å². The van der Waals surface area contributed by atoms with Crippen LogP contribution in [0.3, 0.4) is 0 Å². The lowest BCUT2D eigenvalue weighted by molar-refractivity contribution is 0.0656. The Bertz CT molecular complexity index is 637. The lowest BCUT2D eigenvalue weighted by Crippen LogP contribution is -2.52. The highest BCUT2D eigenvalue weighted by Crippen LogP contribution is 2.15. The first kappa shape index (κ1) is 14.1. The van der Waals surface area contributed by atoms with E-state index in [0.717, 1.165) is 25.3 Å². The highest BCUT2D eigenvalue weighted by atomic mass is 35.5. The van der Waals surface area contributed by atoms with Gasteiger partial charge in [-0.15, -0.1) is 0 Å². The molecule has 1 saturated heterocycles. The molecule has 2 aromatic rings. The molecule has 1 aliphatic heterocycles. The topological polar surface area (TPSA) is 50.2 Å². The van der Waals surface area contributed by atoms with Crippen LogP contribution < -0.4 is 5.32 Å². The lowest BCUT2D eigenvalue weighted by Gasteiger charge is -2.33. The minimum atomic E-state index is 0.0317. The Kier molecular flexibility index (Phi) is 3.94. The van der Waals surface area contributed by atoms with Crippen LogP contribution in [0.2, 0.25) is 5.02 Å². The van der Waals surface area contributed by atoms with Gasteiger partial charge in [-0.05, 0) is 31.2 Å². The second kappa shape index (κ2) is 5.87. The molecule has 1 aromatic carbocycles. The molecule has 2 heterocycles. The molecule has 1 fully saturated rings. The number of carbonyl (C=O) groups excluding carboxylic acids is 1. The SMILES string of the molecule is C[C@H]1CNCCN1C(=O)c1cnn(-c2ccc(Cl)cc2)c1. The Morgan fingerprint density at radius 2 is 2.14 bits per heavy atom. The smallest absolute Gasteiger partial charge is 0.257 e. The third-order valence-corrected chi connectivity index (χ3v) is 3.93. The number of benzene rings is 1. The largest absolute Gasteiger partial charge is 0.333 e. The highest BCUT2D eigenvalue weighted by Gasteiger charge is 2.24. The van der Waals surface area contributed by atoms with E-state index in [1.807, 2.05) is 24.0 Å². The van der Waals surface area contributed by atoms with E-state index >= 15 is 0 Å². The van der Waals surface area contributed by atoms with Crippen molar-refractivity contribution in [1.29, 1.82) is 0 Å².